The highest BCUT2D eigenvalue weighted by atomic mass is 16.7. The van der Waals surface area contributed by atoms with Gasteiger partial charge in [0.05, 0.1) is 5.56 Å². The van der Waals surface area contributed by atoms with Crippen LogP contribution in [0.15, 0.2) is 12.1 Å². The largest absolute Gasteiger partial charge is 0.454 e. The molecule has 1 aliphatic rings. The Labute approximate surface area is 111 Å². The lowest BCUT2D eigenvalue weighted by Gasteiger charge is -2.22. The van der Waals surface area contributed by atoms with E-state index in [-0.39, 0.29) is 24.7 Å². The van der Waals surface area contributed by atoms with E-state index in [1.807, 2.05) is 13.8 Å². The van der Waals surface area contributed by atoms with Crippen LogP contribution in [0.3, 0.4) is 0 Å². The van der Waals surface area contributed by atoms with Gasteiger partial charge in [-0.25, -0.2) is 0 Å². The molecule has 4 N–H and O–H groups in total. The number of amides is 1. The molecule has 1 amide bonds. The molecule has 1 aliphatic heterocycles. The second kappa shape index (κ2) is 4.97. The van der Waals surface area contributed by atoms with E-state index in [1.165, 1.54) is 0 Å². The normalized spacial score (nSPS) is 13.4. The molecule has 0 atom stereocenters. The molecule has 0 aliphatic carbocycles. The molecule has 104 valence electrons. The molecule has 1 aromatic rings. The monoisotopic (exact) mass is 266 g/mol. The molecule has 2 rings (SSSR count). The Balaban J connectivity index is 2.12. The first-order chi connectivity index (χ1) is 8.93. The number of rotatable bonds is 4. The molecule has 0 saturated carbocycles. The lowest BCUT2D eigenvalue weighted by molar-refractivity contribution is 0.0911. The molecule has 0 radical (unpaired) electrons. The Morgan fingerprint density at radius 1 is 1.42 bits per heavy atom. The van der Waals surface area contributed by atoms with Crippen molar-refractivity contribution in [3.05, 3.63) is 17.7 Å². The number of nitrogens with one attached hydrogen (secondary N) is 1. The minimum absolute atomic E-state index is 0.0100. The van der Waals surface area contributed by atoms with E-state index in [4.69, 9.17) is 20.3 Å². The third-order valence-corrected chi connectivity index (χ3v) is 2.94. The lowest BCUT2D eigenvalue weighted by atomic mass is 9.95. The Kier molecular flexibility index (Phi) is 3.53. The number of hydrogen-bond acceptors (Lipinski definition) is 5. The molecule has 6 heteroatoms. The van der Waals surface area contributed by atoms with E-state index >= 15 is 0 Å². The third-order valence-electron chi connectivity index (χ3n) is 2.94. The Morgan fingerprint density at radius 2 is 2.05 bits per heavy atom. The van der Waals surface area contributed by atoms with Crippen molar-refractivity contribution in [3.63, 3.8) is 0 Å². The zero-order valence-corrected chi connectivity index (χ0v) is 11.0. The molecule has 0 saturated heterocycles. The minimum Gasteiger partial charge on any atom is -0.454 e. The van der Waals surface area contributed by atoms with Crippen molar-refractivity contribution in [2.45, 2.75) is 13.8 Å². The SMILES string of the molecule is CC(C)(CO)CNC(=O)c1cc2c(cc1N)OCO2. The topological polar surface area (TPSA) is 93.8 Å². The zero-order chi connectivity index (χ0) is 14.0. The first-order valence-electron chi connectivity index (χ1n) is 6.01. The van der Waals surface area contributed by atoms with E-state index < -0.39 is 0 Å². The standard InChI is InChI=1S/C13H18N2O4/c1-13(2,6-16)5-15-12(17)8-3-10-11(4-9(8)14)19-7-18-10/h3-4,16H,5-7,14H2,1-2H3,(H,15,17). The van der Waals surface area contributed by atoms with Gasteiger partial charge >= 0.3 is 0 Å². The quantitative estimate of drug-likeness (QED) is 0.699. The van der Waals surface area contributed by atoms with Crippen LogP contribution in [0.25, 0.3) is 0 Å². The Bertz CT molecular complexity index is 500. The first-order valence-corrected chi connectivity index (χ1v) is 6.01. The second-order valence-corrected chi connectivity index (χ2v) is 5.30. The molecule has 0 aromatic heterocycles. The van der Waals surface area contributed by atoms with E-state index in [9.17, 15) is 4.79 Å². The van der Waals surface area contributed by atoms with Gasteiger partial charge in [0.2, 0.25) is 6.79 Å². The van der Waals surface area contributed by atoms with Crippen LogP contribution in [0.2, 0.25) is 0 Å². The van der Waals surface area contributed by atoms with E-state index in [0.29, 0.717) is 29.3 Å². The molecule has 1 heterocycles. The molecular weight excluding hydrogens is 248 g/mol. The predicted molar refractivity (Wildman–Crippen MR) is 70.2 cm³/mol. The third kappa shape index (κ3) is 2.90. The number of ether oxygens (including phenoxy) is 2. The van der Waals surface area contributed by atoms with Crippen molar-refractivity contribution >= 4 is 11.6 Å². The van der Waals surface area contributed by atoms with E-state index in [2.05, 4.69) is 5.32 Å². The number of anilines is 1. The number of aliphatic hydroxyl groups excluding tert-OH is 1. The maximum Gasteiger partial charge on any atom is 0.253 e. The van der Waals surface area contributed by atoms with Crippen LogP contribution in [0.1, 0.15) is 24.2 Å². The van der Waals surface area contributed by atoms with Crippen LogP contribution < -0.4 is 20.5 Å². The molecule has 0 spiro atoms. The molecule has 1 aromatic carbocycles. The Hall–Kier alpha value is -1.95. The molecule has 19 heavy (non-hydrogen) atoms. The van der Waals surface area contributed by atoms with Crippen LogP contribution in [0, 0.1) is 5.41 Å². The average Bonchev–Trinajstić information content (AvgIpc) is 2.82. The number of nitrogen functional groups attached to an aromatic ring is 1. The lowest BCUT2D eigenvalue weighted by Crippen LogP contribution is -2.36. The smallest absolute Gasteiger partial charge is 0.253 e. The van der Waals surface area contributed by atoms with Crippen LogP contribution in [-0.2, 0) is 0 Å². The maximum absolute atomic E-state index is 12.1. The van der Waals surface area contributed by atoms with Gasteiger partial charge in [-0.1, -0.05) is 13.8 Å². The summed E-state index contributed by atoms with van der Waals surface area (Å²) in [6.45, 7) is 4.20. The number of benzene rings is 1. The number of aliphatic hydroxyl groups is 1. The molecule has 0 bridgehead atoms. The van der Waals surface area contributed by atoms with E-state index in [0.717, 1.165) is 0 Å². The fourth-order valence-electron chi connectivity index (χ4n) is 1.63. The highest BCUT2D eigenvalue weighted by molar-refractivity contribution is 6.00. The predicted octanol–water partition coefficient (Wildman–Crippen LogP) is 0.746. The van der Waals surface area contributed by atoms with Crippen LogP contribution >= 0.6 is 0 Å². The summed E-state index contributed by atoms with van der Waals surface area (Å²) >= 11 is 0. The fourth-order valence-corrected chi connectivity index (χ4v) is 1.63. The zero-order valence-electron chi connectivity index (χ0n) is 11.0. The summed E-state index contributed by atoms with van der Waals surface area (Å²) in [7, 11) is 0. The highest BCUT2D eigenvalue weighted by Gasteiger charge is 2.22. The van der Waals surface area contributed by atoms with Gasteiger partial charge < -0.3 is 25.6 Å². The summed E-state index contributed by atoms with van der Waals surface area (Å²) in [4.78, 5) is 12.1. The van der Waals surface area contributed by atoms with E-state index in [1.54, 1.807) is 12.1 Å². The van der Waals surface area contributed by atoms with Gasteiger partial charge in [-0.2, -0.15) is 0 Å². The van der Waals surface area contributed by atoms with Crippen LogP contribution in [0.5, 0.6) is 11.5 Å². The first kappa shape index (κ1) is 13.5. The summed E-state index contributed by atoms with van der Waals surface area (Å²) in [5.41, 5.74) is 6.13. The average molecular weight is 266 g/mol. The summed E-state index contributed by atoms with van der Waals surface area (Å²) in [6, 6.07) is 3.15. The van der Waals surface area contributed by atoms with Gasteiger partial charge in [0.25, 0.3) is 5.91 Å². The van der Waals surface area contributed by atoms with Gasteiger partial charge in [-0.05, 0) is 6.07 Å². The van der Waals surface area contributed by atoms with Gasteiger partial charge in [-0.3, -0.25) is 4.79 Å². The summed E-state index contributed by atoms with van der Waals surface area (Å²) in [6.07, 6.45) is 0. The second-order valence-electron chi connectivity index (χ2n) is 5.30. The number of fused-ring (bicyclic) bond motifs is 1. The fraction of sp³-hybridized carbons (Fsp3) is 0.462. The van der Waals surface area contributed by atoms with Crippen molar-refractivity contribution in [2.24, 2.45) is 5.41 Å². The van der Waals surface area contributed by atoms with Crippen LogP contribution in [-0.4, -0.2) is 31.0 Å². The number of carbonyl (C=O) groups is 1. The van der Waals surface area contributed by atoms with Crippen molar-refractivity contribution in [1.82, 2.24) is 5.32 Å². The molecule has 6 nitrogen and oxygen atoms in total. The van der Waals surface area contributed by atoms with Crippen molar-refractivity contribution in [2.75, 3.05) is 25.7 Å². The molecule has 0 unspecified atom stereocenters. The van der Waals surface area contributed by atoms with Crippen molar-refractivity contribution < 1.29 is 19.4 Å². The molecular formula is C13H18N2O4. The number of carbonyl (C=O) groups excluding carboxylic acids is 1. The van der Waals surface area contributed by atoms with Gasteiger partial charge in [0.1, 0.15) is 0 Å². The van der Waals surface area contributed by atoms with Gasteiger partial charge in [0, 0.05) is 30.3 Å². The maximum atomic E-state index is 12.1. The van der Waals surface area contributed by atoms with Crippen molar-refractivity contribution in [1.29, 1.82) is 0 Å². The van der Waals surface area contributed by atoms with Gasteiger partial charge in [-0.15, -0.1) is 0 Å². The minimum atomic E-state index is -0.374. The van der Waals surface area contributed by atoms with Crippen LogP contribution in [0.4, 0.5) is 5.69 Å². The summed E-state index contributed by atoms with van der Waals surface area (Å²) in [5, 5.41) is 11.9. The summed E-state index contributed by atoms with van der Waals surface area (Å²) in [5.74, 6) is 0.767. The highest BCUT2D eigenvalue weighted by Crippen LogP contribution is 2.35. The van der Waals surface area contributed by atoms with Crippen molar-refractivity contribution in [3.8, 4) is 11.5 Å². The summed E-state index contributed by atoms with van der Waals surface area (Å²) < 4.78 is 10.4. The number of nitrogens with two attached hydrogens (primary N) is 1. The number of hydrogen-bond donors (Lipinski definition) is 3. The Morgan fingerprint density at radius 3 is 2.68 bits per heavy atom. The molecule has 0 fully saturated rings. The van der Waals surface area contributed by atoms with Gasteiger partial charge in [0.15, 0.2) is 11.5 Å².